The van der Waals surface area contributed by atoms with Crippen LogP contribution < -0.4 is 0 Å². The molecule has 0 saturated carbocycles. The lowest BCUT2D eigenvalue weighted by Gasteiger charge is -2.34. The average Bonchev–Trinajstić information content (AvgIpc) is 3.21. The number of benzene rings is 1. The number of hydrogen-bond donors (Lipinski definition) is 0. The Morgan fingerprint density at radius 3 is 2.31 bits per heavy atom. The SMILES string of the molecule is CSc1ccc([N+](=O)[O-])c(C(=O)N2CCN(C(=O)c3ccco3)CC2)c1. The molecule has 1 fully saturated rings. The van der Waals surface area contributed by atoms with E-state index in [1.165, 1.54) is 24.1 Å². The second-order valence-corrected chi connectivity index (χ2v) is 6.58. The van der Waals surface area contributed by atoms with Crippen molar-refractivity contribution < 1.29 is 18.9 Å². The Balaban J connectivity index is 1.72. The van der Waals surface area contributed by atoms with Gasteiger partial charge in [0.1, 0.15) is 5.56 Å². The Morgan fingerprint density at radius 2 is 1.77 bits per heavy atom. The Bertz CT molecular complexity index is 829. The zero-order valence-electron chi connectivity index (χ0n) is 14.1. The summed E-state index contributed by atoms with van der Waals surface area (Å²) in [6.07, 6.45) is 3.28. The van der Waals surface area contributed by atoms with Crippen molar-refractivity contribution in [3.05, 3.63) is 58.0 Å². The molecule has 0 aliphatic carbocycles. The van der Waals surface area contributed by atoms with Gasteiger partial charge < -0.3 is 14.2 Å². The van der Waals surface area contributed by atoms with Crippen LogP contribution in [0.1, 0.15) is 20.9 Å². The van der Waals surface area contributed by atoms with Crippen molar-refractivity contribution in [2.24, 2.45) is 0 Å². The molecule has 9 heteroatoms. The van der Waals surface area contributed by atoms with Crippen molar-refractivity contribution in [2.45, 2.75) is 4.90 Å². The molecular formula is C17H17N3O5S. The first-order valence-corrected chi connectivity index (χ1v) is 9.18. The monoisotopic (exact) mass is 375 g/mol. The number of hydrogen-bond acceptors (Lipinski definition) is 6. The molecule has 2 amide bonds. The molecule has 2 aromatic rings. The molecule has 0 radical (unpaired) electrons. The molecule has 0 spiro atoms. The Morgan fingerprint density at radius 1 is 1.12 bits per heavy atom. The van der Waals surface area contributed by atoms with Gasteiger partial charge in [0.25, 0.3) is 17.5 Å². The summed E-state index contributed by atoms with van der Waals surface area (Å²) in [5.74, 6) is -0.358. The van der Waals surface area contributed by atoms with Gasteiger partial charge in [-0.1, -0.05) is 0 Å². The molecule has 1 aromatic heterocycles. The molecule has 0 atom stereocenters. The van der Waals surface area contributed by atoms with Gasteiger partial charge in [-0.05, 0) is 30.5 Å². The van der Waals surface area contributed by atoms with Crippen LogP contribution in [-0.2, 0) is 0 Å². The fourth-order valence-electron chi connectivity index (χ4n) is 2.81. The van der Waals surface area contributed by atoms with Gasteiger partial charge in [-0.15, -0.1) is 11.8 Å². The van der Waals surface area contributed by atoms with E-state index >= 15 is 0 Å². The minimum absolute atomic E-state index is 0.0765. The normalized spacial score (nSPS) is 14.3. The lowest BCUT2D eigenvalue weighted by molar-refractivity contribution is -0.385. The van der Waals surface area contributed by atoms with Crippen molar-refractivity contribution in [2.75, 3.05) is 32.4 Å². The Hall–Kier alpha value is -2.81. The maximum absolute atomic E-state index is 12.8. The maximum Gasteiger partial charge on any atom is 0.289 e. The van der Waals surface area contributed by atoms with Crippen LogP contribution in [0.5, 0.6) is 0 Å². The highest BCUT2D eigenvalue weighted by molar-refractivity contribution is 7.98. The average molecular weight is 375 g/mol. The summed E-state index contributed by atoms with van der Waals surface area (Å²) in [7, 11) is 0. The van der Waals surface area contributed by atoms with E-state index < -0.39 is 10.8 Å². The first-order valence-electron chi connectivity index (χ1n) is 7.95. The third-order valence-corrected chi connectivity index (χ3v) is 4.94. The third-order valence-electron chi connectivity index (χ3n) is 4.22. The number of carbonyl (C=O) groups excluding carboxylic acids is 2. The second-order valence-electron chi connectivity index (χ2n) is 5.70. The highest BCUT2D eigenvalue weighted by Gasteiger charge is 2.30. The van der Waals surface area contributed by atoms with Gasteiger partial charge in [-0.25, -0.2) is 0 Å². The number of thioether (sulfide) groups is 1. The zero-order valence-corrected chi connectivity index (χ0v) is 14.9. The molecule has 136 valence electrons. The fourth-order valence-corrected chi connectivity index (χ4v) is 3.25. The number of piperazine rings is 1. The summed E-state index contributed by atoms with van der Waals surface area (Å²) >= 11 is 1.41. The predicted octanol–water partition coefficient (Wildman–Crippen LogP) is 2.51. The van der Waals surface area contributed by atoms with Crippen molar-refractivity contribution in [1.29, 1.82) is 0 Å². The smallest absolute Gasteiger partial charge is 0.289 e. The number of nitrogens with zero attached hydrogens (tertiary/aromatic N) is 3. The first kappa shape index (κ1) is 18.0. The summed E-state index contributed by atoms with van der Waals surface area (Å²) in [6, 6.07) is 7.77. The van der Waals surface area contributed by atoms with E-state index in [-0.39, 0.29) is 22.9 Å². The van der Waals surface area contributed by atoms with E-state index in [0.29, 0.717) is 26.2 Å². The number of nitro benzene ring substituents is 1. The fraction of sp³-hybridized carbons (Fsp3) is 0.294. The van der Waals surface area contributed by atoms with E-state index in [1.54, 1.807) is 34.1 Å². The highest BCUT2D eigenvalue weighted by atomic mass is 32.2. The van der Waals surface area contributed by atoms with Crippen LogP contribution in [0.2, 0.25) is 0 Å². The largest absolute Gasteiger partial charge is 0.459 e. The van der Waals surface area contributed by atoms with Crippen LogP contribution in [0.3, 0.4) is 0 Å². The van der Waals surface area contributed by atoms with E-state index in [2.05, 4.69) is 0 Å². The van der Waals surface area contributed by atoms with Crippen LogP contribution in [0, 0.1) is 10.1 Å². The number of furan rings is 1. The van der Waals surface area contributed by atoms with Crippen LogP contribution in [0.15, 0.2) is 45.9 Å². The molecule has 0 bridgehead atoms. The molecule has 3 rings (SSSR count). The first-order chi connectivity index (χ1) is 12.5. The number of amides is 2. The van der Waals surface area contributed by atoms with Gasteiger partial charge in [-0.2, -0.15) is 0 Å². The van der Waals surface area contributed by atoms with Gasteiger partial charge in [0.15, 0.2) is 5.76 Å². The Labute approximate surface area is 153 Å². The van der Waals surface area contributed by atoms with E-state index in [9.17, 15) is 19.7 Å². The predicted molar refractivity (Wildman–Crippen MR) is 95.4 cm³/mol. The lowest BCUT2D eigenvalue weighted by atomic mass is 10.1. The number of rotatable bonds is 4. The number of nitro groups is 1. The quantitative estimate of drug-likeness (QED) is 0.463. The van der Waals surface area contributed by atoms with E-state index in [4.69, 9.17) is 4.42 Å². The van der Waals surface area contributed by atoms with Crippen molar-refractivity contribution in [3.63, 3.8) is 0 Å². The van der Waals surface area contributed by atoms with E-state index in [0.717, 1.165) is 4.90 Å². The minimum Gasteiger partial charge on any atom is -0.459 e. The highest BCUT2D eigenvalue weighted by Crippen LogP contribution is 2.26. The molecule has 1 aliphatic rings. The van der Waals surface area contributed by atoms with Crippen molar-refractivity contribution in [1.82, 2.24) is 9.80 Å². The summed E-state index contributed by atoms with van der Waals surface area (Å²) in [6.45, 7) is 1.32. The zero-order chi connectivity index (χ0) is 18.7. The standard InChI is InChI=1S/C17H17N3O5S/c1-26-12-4-5-14(20(23)24)13(11-12)16(21)18-6-8-19(9-7-18)17(22)15-3-2-10-25-15/h2-5,10-11H,6-9H2,1H3. The topological polar surface area (TPSA) is 96.9 Å². The van der Waals surface area contributed by atoms with Gasteiger partial charge in [0.2, 0.25) is 0 Å². The molecule has 1 aliphatic heterocycles. The van der Waals surface area contributed by atoms with E-state index in [1.807, 2.05) is 6.26 Å². The summed E-state index contributed by atoms with van der Waals surface area (Å²) in [5.41, 5.74) is -0.130. The Kier molecular flexibility index (Phi) is 5.27. The number of carbonyl (C=O) groups is 2. The third kappa shape index (κ3) is 3.57. The van der Waals surface area contributed by atoms with Crippen LogP contribution >= 0.6 is 11.8 Å². The second kappa shape index (κ2) is 7.61. The van der Waals surface area contributed by atoms with Crippen LogP contribution in [0.4, 0.5) is 5.69 Å². The molecule has 2 heterocycles. The lowest BCUT2D eigenvalue weighted by Crippen LogP contribution is -2.50. The summed E-state index contributed by atoms with van der Waals surface area (Å²) in [5, 5.41) is 11.2. The van der Waals surface area contributed by atoms with Crippen molar-refractivity contribution in [3.8, 4) is 0 Å². The van der Waals surface area contributed by atoms with Crippen LogP contribution in [0.25, 0.3) is 0 Å². The molecule has 0 unspecified atom stereocenters. The summed E-state index contributed by atoms with van der Waals surface area (Å²) < 4.78 is 5.11. The molecule has 1 aromatic carbocycles. The molecule has 26 heavy (non-hydrogen) atoms. The molecule has 8 nitrogen and oxygen atoms in total. The summed E-state index contributed by atoms with van der Waals surface area (Å²) in [4.78, 5) is 39.7. The maximum atomic E-state index is 12.8. The van der Waals surface area contributed by atoms with Crippen LogP contribution in [-0.4, -0.2) is 59.0 Å². The minimum atomic E-state index is -0.548. The molecule has 1 saturated heterocycles. The van der Waals surface area contributed by atoms with Gasteiger partial charge in [0, 0.05) is 37.1 Å². The van der Waals surface area contributed by atoms with Gasteiger partial charge in [0.05, 0.1) is 11.2 Å². The molecule has 0 N–H and O–H groups in total. The molecular weight excluding hydrogens is 358 g/mol. The van der Waals surface area contributed by atoms with Gasteiger partial charge in [-0.3, -0.25) is 19.7 Å². The van der Waals surface area contributed by atoms with Crippen molar-refractivity contribution >= 4 is 29.3 Å². The van der Waals surface area contributed by atoms with Gasteiger partial charge >= 0.3 is 0 Å².